The van der Waals surface area contributed by atoms with E-state index in [1.54, 1.807) is 6.20 Å². The highest BCUT2D eigenvalue weighted by Crippen LogP contribution is 2.16. The van der Waals surface area contributed by atoms with Crippen molar-refractivity contribution in [3.8, 4) is 0 Å². The van der Waals surface area contributed by atoms with Gasteiger partial charge in [-0.05, 0) is 26.7 Å². The Morgan fingerprint density at radius 1 is 1.22 bits per heavy atom. The van der Waals surface area contributed by atoms with Crippen molar-refractivity contribution in [1.82, 2.24) is 14.5 Å². The van der Waals surface area contributed by atoms with E-state index in [4.69, 9.17) is 0 Å². The second-order valence-electron chi connectivity index (χ2n) is 5.15. The van der Waals surface area contributed by atoms with Gasteiger partial charge in [0.05, 0.1) is 0 Å². The van der Waals surface area contributed by atoms with Crippen molar-refractivity contribution in [2.24, 2.45) is 0 Å². The van der Waals surface area contributed by atoms with Crippen LogP contribution >= 0.6 is 0 Å². The lowest BCUT2D eigenvalue weighted by Gasteiger charge is -2.28. The zero-order valence-electron chi connectivity index (χ0n) is 11.4. The summed E-state index contributed by atoms with van der Waals surface area (Å²) in [5.41, 5.74) is 0. The summed E-state index contributed by atoms with van der Waals surface area (Å²) in [6.45, 7) is 5.74. The molecule has 0 spiro atoms. The van der Waals surface area contributed by atoms with Crippen LogP contribution in [-0.2, 0) is 4.79 Å². The van der Waals surface area contributed by atoms with Crippen LogP contribution in [0.15, 0.2) is 12.4 Å². The Bertz CT molecular complexity index is 391. The second kappa shape index (κ2) is 6.03. The van der Waals surface area contributed by atoms with E-state index < -0.39 is 0 Å². The molecule has 0 aromatic carbocycles. The normalized spacial score (nSPS) is 19.1. The Morgan fingerprint density at radius 3 is 2.39 bits per heavy atom. The zero-order chi connectivity index (χ0) is 13.0. The lowest BCUT2D eigenvalue weighted by atomic mass is 10.1. The first-order chi connectivity index (χ1) is 8.70. The molecule has 2 heterocycles. The summed E-state index contributed by atoms with van der Waals surface area (Å²) >= 11 is 0. The van der Waals surface area contributed by atoms with E-state index in [0.717, 1.165) is 31.8 Å². The van der Waals surface area contributed by atoms with Crippen LogP contribution < -0.4 is 0 Å². The highest BCUT2D eigenvalue weighted by molar-refractivity contribution is 5.80. The monoisotopic (exact) mass is 249 g/mol. The first-order valence-electron chi connectivity index (χ1n) is 6.98. The van der Waals surface area contributed by atoms with Crippen LogP contribution in [0, 0.1) is 6.92 Å². The molecule has 1 atom stereocenters. The van der Waals surface area contributed by atoms with Crippen LogP contribution in [0.4, 0.5) is 0 Å². The predicted octanol–water partition coefficient (Wildman–Crippen LogP) is 2.55. The van der Waals surface area contributed by atoms with Crippen LogP contribution in [0.5, 0.6) is 0 Å². The van der Waals surface area contributed by atoms with Gasteiger partial charge in [0.25, 0.3) is 0 Å². The number of nitrogens with zero attached hydrogens (tertiary/aromatic N) is 3. The van der Waals surface area contributed by atoms with Gasteiger partial charge in [0.2, 0.25) is 5.91 Å². The van der Waals surface area contributed by atoms with E-state index in [1.165, 1.54) is 19.3 Å². The minimum Gasteiger partial charge on any atom is -0.341 e. The first kappa shape index (κ1) is 13.1. The molecule has 2 rings (SSSR count). The van der Waals surface area contributed by atoms with Crippen molar-refractivity contribution >= 4 is 5.91 Å². The molecule has 0 saturated carbocycles. The van der Waals surface area contributed by atoms with Gasteiger partial charge in [-0.1, -0.05) is 19.3 Å². The maximum atomic E-state index is 12.5. The molecule has 1 amide bonds. The molecule has 0 radical (unpaired) electrons. The molecule has 1 aromatic heterocycles. The van der Waals surface area contributed by atoms with Crippen molar-refractivity contribution in [2.75, 3.05) is 13.1 Å². The van der Waals surface area contributed by atoms with Gasteiger partial charge in [0.15, 0.2) is 0 Å². The van der Waals surface area contributed by atoms with Crippen LogP contribution in [0.25, 0.3) is 0 Å². The molecule has 1 aliphatic heterocycles. The molecule has 100 valence electrons. The number of rotatable bonds is 2. The van der Waals surface area contributed by atoms with Gasteiger partial charge >= 0.3 is 0 Å². The van der Waals surface area contributed by atoms with Crippen molar-refractivity contribution in [2.45, 2.75) is 52.0 Å². The third kappa shape index (κ3) is 2.92. The summed E-state index contributed by atoms with van der Waals surface area (Å²) in [5.74, 6) is 1.14. The summed E-state index contributed by atoms with van der Waals surface area (Å²) < 4.78 is 1.96. The molecule has 18 heavy (non-hydrogen) atoms. The molecule has 0 bridgehead atoms. The van der Waals surface area contributed by atoms with Crippen LogP contribution in [0.1, 0.15) is 50.9 Å². The average Bonchev–Trinajstić information content (AvgIpc) is 2.73. The third-order valence-electron chi connectivity index (χ3n) is 3.80. The molecule has 0 aliphatic carbocycles. The quantitative estimate of drug-likeness (QED) is 0.808. The highest BCUT2D eigenvalue weighted by atomic mass is 16.2. The summed E-state index contributed by atoms with van der Waals surface area (Å²) in [7, 11) is 0. The molecule has 0 N–H and O–H groups in total. The van der Waals surface area contributed by atoms with E-state index >= 15 is 0 Å². The fraction of sp³-hybridized carbons (Fsp3) is 0.714. The Morgan fingerprint density at radius 2 is 1.83 bits per heavy atom. The predicted molar refractivity (Wildman–Crippen MR) is 71.3 cm³/mol. The number of amides is 1. The number of carbonyl (C=O) groups is 1. The Hall–Kier alpha value is -1.32. The van der Waals surface area contributed by atoms with Gasteiger partial charge < -0.3 is 9.47 Å². The summed E-state index contributed by atoms with van der Waals surface area (Å²) in [5, 5.41) is 0. The number of likely N-dealkylation sites (tertiary alicyclic amines) is 1. The third-order valence-corrected chi connectivity index (χ3v) is 3.80. The fourth-order valence-electron chi connectivity index (χ4n) is 2.65. The zero-order valence-corrected chi connectivity index (χ0v) is 11.4. The maximum absolute atomic E-state index is 12.5. The topological polar surface area (TPSA) is 38.1 Å². The number of aromatic nitrogens is 2. The van der Waals surface area contributed by atoms with Crippen LogP contribution in [-0.4, -0.2) is 33.4 Å². The number of carbonyl (C=O) groups excluding carboxylic acids is 1. The minimum absolute atomic E-state index is 0.132. The van der Waals surface area contributed by atoms with E-state index in [0.29, 0.717) is 0 Å². The molecule has 1 aromatic rings. The number of aryl methyl sites for hydroxylation is 1. The van der Waals surface area contributed by atoms with Crippen molar-refractivity contribution in [3.63, 3.8) is 0 Å². The minimum atomic E-state index is -0.132. The molecular formula is C14H23N3O. The van der Waals surface area contributed by atoms with Gasteiger partial charge in [0, 0.05) is 25.5 Å². The number of imidazole rings is 1. The SMILES string of the molecule is Cc1nccn1C(C)C(=O)N1CCCCCCC1. The lowest BCUT2D eigenvalue weighted by Crippen LogP contribution is -2.38. The molecule has 4 nitrogen and oxygen atoms in total. The summed E-state index contributed by atoms with van der Waals surface area (Å²) in [4.78, 5) is 18.7. The van der Waals surface area contributed by atoms with Crippen molar-refractivity contribution < 1.29 is 4.79 Å². The average molecular weight is 249 g/mol. The van der Waals surface area contributed by atoms with Gasteiger partial charge in [-0.3, -0.25) is 4.79 Å². The molecule has 4 heteroatoms. The molecule has 1 aliphatic rings. The van der Waals surface area contributed by atoms with Crippen molar-refractivity contribution in [3.05, 3.63) is 18.2 Å². The Balaban J connectivity index is 2.03. The highest BCUT2D eigenvalue weighted by Gasteiger charge is 2.22. The summed E-state index contributed by atoms with van der Waals surface area (Å²) in [6.07, 6.45) is 9.75. The Labute approximate surface area is 109 Å². The standard InChI is InChI=1S/C14H23N3O/c1-12(17-11-8-15-13(17)2)14(18)16-9-6-4-3-5-7-10-16/h8,11-12H,3-7,9-10H2,1-2H3. The fourth-order valence-corrected chi connectivity index (χ4v) is 2.65. The van der Waals surface area contributed by atoms with E-state index in [9.17, 15) is 4.79 Å². The largest absolute Gasteiger partial charge is 0.341 e. The second-order valence-corrected chi connectivity index (χ2v) is 5.15. The smallest absolute Gasteiger partial charge is 0.245 e. The number of hydrogen-bond acceptors (Lipinski definition) is 2. The molecule has 1 saturated heterocycles. The van der Waals surface area contributed by atoms with E-state index in [2.05, 4.69) is 4.98 Å². The van der Waals surface area contributed by atoms with Crippen LogP contribution in [0.2, 0.25) is 0 Å². The molecule has 1 unspecified atom stereocenters. The Kier molecular flexibility index (Phi) is 4.39. The van der Waals surface area contributed by atoms with E-state index in [1.807, 2.05) is 29.5 Å². The first-order valence-corrected chi connectivity index (χ1v) is 6.98. The molecule has 1 fully saturated rings. The lowest BCUT2D eigenvalue weighted by molar-refractivity contribution is -0.134. The van der Waals surface area contributed by atoms with E-state index in [-0.39, 0.29) is 11.9 Å². The van der Waals surface area contributed by atoms with Crippen molar-refractivity contribution in [1.29, 1.82) is 0 Å². The summed E-state index contributed by atoms with van der Waals surface area (Å²) in [6, 6.07) is -0.132. The van der Waals surface area contributed by atoms with Gasteiger partial charge in [-0.15, -0.1) is 0 Å². The molecular weight excluding hydrogens is 226 g/mol. The van der Waals surface area contributed by atoms with Gasteiger partial charge in [0.1, 0.15) is 11.9 Å². The number of hydrogen-bond donors (Lipinski definition) is 0. The van der Waals surface area contributed by atoms with Gasteiger partial charge in [-0.2, -0.15) is 0 Å². The van der Waals surface area contributed by atoms with Gasteiger partial charge in [-0.25, -0.2) is 4.98 Å². The van der Waals surface area contributed by atoms with Crippen LogP contribution in [0.3, 0.4) is 0 Å². The maximum Gasteiger partial charge on any atom is 0.245 e.